The van der Waals surface area contributed by atoms with E-state index in [1.807, 2.05) is 6.07 Å². The number of hydrogen-bond acceptors (Lipinski definition) is 6. The van der Waals surface area contributed by atoms with E-state index in [2.05, 4.69) is 0 Å². The fourth-order valence-corrected chi connectivity index (χ4v) is 6.80. The van der Waals surface area contributed by atoms with Crippen molar-refractivity contribution >= 4 is 31.5 Å². The molecule has 0 aliphatic carbocycles. The van der Waals surface area contributed by atoms with E-state index in [1.165, 1.54) is 22.5 Å². The SMILES string of the molecule is CS(=O)(=O)c1ccc2c(c1)CCCN2C(=O)C1CCN(S(=O)(=O)c2ccccc2C#N)CC1. The summed E-state index contributed by atoms with van der Waals surface area (Å²) >= 11 is 0. The second kappa shape index (κ2) is 8.89. The fourth-order valence-electron chi connectivity index (χ4n) is 4.52. The second-order valence-corrected chi connectivity index (χ2v) is 12.4. The van der Waals surface area contributed by atoms with Crippen molar-refractivity contribution in [2.45, 2.75) is 35.5 Å². The molecule has 4 rings (SSSR count). The highest BCUT2D eigenvalue weighted by molar-refractivity contribution is 7.90. The van der Waals surface area contributed by atoms with Gasteiger partial charge in [0.1, 0.15) is 6.07 Å². The third kappa shape index (κ3) is 4.53. The molecule has 0 saturated carbocycles. The number of rotatable bonds is 4. The molecule has 0 atom stereocenters. The molecule has 174 valence electrons. The van der Waals surface area contributed by atoms with Crippen LogP contribution < -0.4 is 4.90 Å². The molecule has 2 aliphatic heterocycles. The Bertz CT molecular complexity index is 1340. The molecular formula is C23H25N3O5S2. The first-order valence-electron chi connectivity index (χ1n) is 10.8. The monoisotopic (exact) mass is 487 g/mol. The van der Waals surface area contributed by atoms with Gasteiger partial charge < -0.3 is 4.90 Å². The van der Waals surface area contributed by atoms with Gasteiger partial charge in [0, 0.05) is 37.5 Å². The molecule has 2 aromatic carbocycles. The minimum atomic E-state index is -3.82. The van der Waals surface area contributed by atoms with Crippen molar-refractivity contribution in [2.75, 3.05) is 30.8 Å². The van der Waals surface area contributed by atoms with E-state index >= 15 is 0 Å². The normalized spacial score (nSPS) is 17.9. The Labute approximate surface area is 194 Å². The molecule has 1 saturated heterocycles. The van der Waals surface area contributed by atoms with Crippen LogP contribution >= 0.6 is 0 Å². The maximum Gasteiger partial charge on any atom is 0.244 e. The number of anilines is 1. The summed E-state index contributed by atoms with van der Waals surface area (Å²) in [6.07, 6.45) is 3.39. The summed E-state index contributed by atoms with van der Waals surface area (Å²) < 4.78 is 51.2. The molecule has 0 aromatic heterocycles. The number of sulfone groups is 1. The molecule has 8 nitrogen and oxygen atoms in total. The molecule has 0 N–H and O–H groups in total. The molecule has 10 heteroatoms. The number of fused-ring (bicyclic) bond motifs is 1. The Kier molecular flexibility index (Phi) is 6.31. The molecular weight excluding hydrogens is 462 g/mol. The van der Waals surface area contributed by atoms with Gasteiger partial charge in [-0.2, -0.15) is 9.57 Å². The molecule has 1 fully saturated rings. The molecule has 0 spiro atoms. The summed E-state index contributed by atoms with van der Waals surface area (Å²) in [5, 5.41) is 9.26. The maximum absolute atomic E-state index is 13.3. The zero-order valence-corrected chi connectivity index (χ0v) is 19.9. The van der Waals surface area contributed by atoms with Gasteiger partial charge in [0.2, 0.25) is 15.9 Å². The number of aryl methyl sites for hydroxylation is 1. The molecule has 0 radical (unpaired) electrons. The predicted molar refractivity (Wildman–Crippen MR) is 123 cm³/mol. The summed E-state index contributed by atoms with van der Waals surface area (Å²) in [5.41, 5.74) is 1.68. The second-order valence-electron chi connectivity index (χ2n) is 8.44. The van der Waals surface area contributed by atoms with E-state index in [0.717, 1.165) is 23.9 Å². The molecule has 0 unspecified atom stereocenters. The van der Waals surface area contributed by atoms with Gasteiger partial charge in [-0.05, 0) is 61.6 Å². The molecule has 1 amide bonds. The number of carbonyl (C=O) groups is 1. The van der Waals surface area contributed by atoms with Gasteiger partial charge in [-0.1, -0.05) is 12.1 Å². The Morgan fingerprint density at radius 2 is 1.73 bits per heavy atom. The van der Waals surface area contributed by atoms with Crippen LogP contribution in [0.1, 0.15) is 30.4 Å². The molecule has 33 heavy (non-hydrogen) atoms. The van der Waals surface area contributed by atoms with E-state index in [4.69, 9.17) is 0 Å². The Hall–Kier alpha value is -2.74. The van der Waals surface area contributed by atoms with Crippen molar-refractivity contribution < 1.29 is 21.6 Å². The van der Waals surface area contributed by atoms with Gasteiger partial charge in [0.05, 0.1) is 15.4 Å². The zero-order valence-electron chi connectivity index (χ0n) is 18.3. The van der Waals surface area contributed by atoms with Crippen LogP contribution in [0.15, 0.2) is 52.3 Å². The van der Waals surface area contributed by atoms with Crippen LogP contribution in [-0.4, -0.2) is 52.9 Å². The van der Waals surface area contributed by atoms with Crippen LogP contribution in [0.25, 0.3) is 0 Å². The highest BCUT2D eigenvalue weighted by atomic mass is 32.2. The summed E-state index contributed by atoms with van der Waals surface area (Å²) in [5.74, 6) is -0.374. The smallest absolute Gasteiger partial charge is 0.244 e. The highest BCUT2D eigenvalue weighted by Gasteiger charge is 2.36. The summed E-state index contributed by atoms with van der Waals surface area (Å²) in [4.78, 5) is 15.3. The first-order valence-corrected chi connectivity index (χ1v) is 14.1. The number of amides is 1. The van der Waals surface area contributed by atoms with Gasteiger partial charge in [0.15, 0.2) is 9.84 Å². The highest BCUT2D eigenvalue weighted by Crippen LogP contribution is 2.33. The zero-order chi connectivity index (χ0) is 23.8. The van der Waals surface area contributed by atoms with Crippen molar-refractivity contribution in [3.63, 3.8) is 0 Å². The van der Waals surface area contributed by atoms with Crippen LogP contribution in [0.2, 0.25) is 0 Å². The Balaban J connectivity index is 1.49. The molecule has 2 heterocycles. The van der Waals surface area contributed by atoms with Crippen molar-refractivity contribution in [2.24, 2.45) is 5.92 Å². The molecule has 2 aliphatic rings. The lowest BCUT2D eigenvalue weighted by Gasteiger charge is -2.36. The average molecular weight is 488 g/mol. The third-order valence-electron chi connectivity index (χ3n) is 6.29. The van der Waals surface area contributed by atoms with Crippen molar-refractivity contribution in [1.29, 1.82) is 5.26 Å². The average Bonchev–Trinajstić information content (AvgIpc) is 2.82. The quantitative estimate of drug-likeness (QED) is 0.654. The minimum Gasteiger partial charge on any atom is -0.312 e. The van der Waals surface area contributed by atoms with Crippen LogP contribution in [0.5, 0.6) is 0 Å². The van der Waals surface area contributed by atoms with Gasteiger partial charge in [-0.15, -0.1) is 0 Å². The fraction of sp³-hybridized carbons (Fsp3) is 0.391. The number of sulfonamides is 1. The predicted octanol–water partition coefficient (Wildman–Crippen LogP) is 2.34. The first kappa shape index (κ1) is 23.4. The number of benzene rings is 2. The largest absolute Gasteiger partial charge is 0.312 e. The lowest BCUT2D eigenvalue weighted by molar-refractivity contribution is -0.123. The van der Waals surface area contributed by atoms with Crippen LogP contribution in [0.4, 0.5) is 5.69 Å². The topological polar surface area (TPSA) is 116 Å². The van der Waals surface area contributed by atoms with Crippen molar-refractivity contribution in [1.82, 2.24) is 4.31 Å². The third-order valence-corrected chi connectivity index (χ3v) is 9.36. The standard InChI is InChI=1S/C23H25N3O5S2/c1-32(28,29)20-8-9-21-18(15-20)6-4-12-26(21)23(27)17-10-13-25(14-11-17)33(30,31)22-7-3-2-5-19(22)16-24/h2-3,5,7-9,15,17H,4,6,10-14H2,1H3. The van der Waals surface area contributed by atoms with Gasteiger partial charge >= 0.3 is 0 Å². The number of hydrogen-bond donors (Lipinski definition) is 0. The van der Waals surface area contributed by atoms with E-state index < -0.39 is 19.9 Å². The van der Waals surface area contributed by atoms with Crippen molar-refractivity contribution in [3.05, 3.63) is 53.6 Å². The first-order chi connectivity index (χ1) is 15.6. The maximum atomic E-state index is 13.3. The minimum absolute atomic E-state index is 0.0103. The Morgan fingerprint density at radius 1 is 1.03 bits per heavy atom. The number of nitrogens with zero attached hydrogens (tertiary/aromatic N) is 3. The molecule has 0 bridgehead atoms. The van der Waals surface area contributed by atoms with E-state index in [-0.39, 0.29) is 40.3 Å². The lowest BCUT2D eigenvalue weighted by atomic mass is 9.94. The summed E-state index contributed by atoms with van der Waals surface area (Å²) in [7, 11) is -7.15. The van der Waals surface area contributed by atoms with Crippen molar-refractivity contribution in [3.8, 4) is 6.07 Å². The van der Waals surface area contributed by atoms with Gasteiger partial charge in [-0.25, -0.2) is 16.8 Å². The van der Waals surface area contributed by atoms with Gasteiger partial charge in [-0.3, -0.25) is 4.79 Å². The number of piperidine rings is 1. The number of carbonyl (C=O) groups excluding carboxylic acids is 1. The summed E-state index contributed by atoms with van der Waals surface area (Å²) in [6.45, 7) is 0.955. The van der Waals surface area contributed by atoms with Crippen LogP contribution in [0, 0.1) is 17.2 Å². The van der Waals surface area contributed by atoms with Crippen LogP contribution in [0.3, 0.4) is 0 Å². The lowest BCUT2D eigenvalue weighted by Crippen LogP contribution is -2.45. The molecule has 2 aromatic rings. The Morgan fingerprint density at radius 3 is 2.39 bits per heavy atom. The van der Waals surface area contributed by atoms with E-state index in [0.29, 0.717) is 25.8 Å². The van der Waals surface area contributed by atoms with E-state index in [9.17, 15) is 26.9 Å². The summed E-state index contributed by atoms with van der Waals surface area (Å²) in [6, 6.07) is 12.9. The van der Waals surface area contributed by atoms with Gasteiger partial charge in [0.25, 0.3) is 0 Å². The number of nitriles is 1. The van der Waals surface area contributed by atoms with Crippen LogP contribution in [-0.2, 0) is 31.1 Å². The van der Waals surface area contributed by atoms with E-state index in [1.54, 1.807) is 29.2 Å².